The molecule has 0 aliphatic carbocycles. The summed E-state index contributed by atoms with van der Waals surface area (Å²) in [4.78, 5) is 27.0. The first-order chi connectivity index (χ1) is 11.0. The number of hydrogen-bond donors (Lipinski definition) is 2. The molecule has 1 heterocycles. The number of unbranched alkanes of at least 4 members (excludes halogenated alkanes) is 1. The predicted molar refractivity (Wildman–Crippen MR) is 95.5 cm³/mol. The topological polar surface area (TPSA) is 71.2 Å². The highest BCUT2D eigenvalue weighted by Gasteiger charge is 2.23. The zero-order chi connectivity index (χ0) is 17.0. The smallest absolute Gasteiger partial charge is 0.356 e. The summed E-state index contributed by atoms with van der Waals surface area (Å²) < 4.78 is 4.78. The average molecular weight is 402 g/mol. The third kappa shape index (κ3) is 4.06. The number of H-pyrrole nitrogens is 1. The molecule has 23 heavy (non-hydrogen) atoms. The molecule has 0 bridgehead atoms. The monoisotopic (exact) mass is 400 g/mol. The lowest BCUT2D eigenvalue weighted by molar-refractivity contribution is -0.115. The van der Waals surface area contributed by atoms with Crippen LogP contribution in [0.1, 0.15) is 36.7 Å². The van der Waals surface area contributed by atoms with Gasteiger partial charge in [-0.3, -0.25) is 4.79 Å². The first-order valence-electron chi connectivity index (χ1n) is 7.32. The predicted octanol–water partition coefficient (Wildman–Crippen LogP) is 4.50. The standard InChI is InChI=1S/C16H18BrClN2O3/c1-3-4-5-11(17)15(21)20-13-10-8-9(18)6-7-12(10)19-14(13)16(22)23-2/h6-8,11,19H,3-5H2,1-2H3,(H,20,21)/t11-/m0/s1. The molecule has 0 aliphatic rings. The Balaban J connectivity index is 2.38. The minimum absolute atomic E-state index is 0.202. The van der Waals surface area contributed by atoms with Crippen LogP contribution in [0.5, 0.6) is 0 Å². The van der Waals surface area contributed by atoms with E-state index in [1.54, 1.807) is 18.2 Å². The van der Waals surface area contributed by atoms with Gasteiger partial charge in [-0.1, -0.05) is 47.3 Å². The van der Waals surface area contributed by atoms with Gasteiger partial charge in [0.2, 0.25) is 5.91 Å². The average Bonchev–Trinajstić information content (AvgIpc) is 2.89. The Morgan fingerprint density at radius 1 is 1.43 bits per heavy atom. The van der Waals surface area contributed by atoms with Crippen LogP contribution >= 0.6 is 27.5 Å². The third-order valence-electron chi connectivity index (χ3n) is 3.49. The summed E-state index contributed by atoms with van der Waals surface area (Å²) in [6, 6.07) is 5.16. The van der Waals surface area contributed by atoms with Gasteiger partial charge in [0, 0.05) is 15.9 Å². The number of esters is 1. The van der Waals surface area contributed by atoms with Crippen molar-refractivity contribution in [2.24, 2.45) is 0 Å². The highest BCUT2D eigenvalue weighted by Crippen LogP contribution is 2.31. The van der Waals surface area contributed by atoms with Crippen molar-refractivity contribution in [3.05, 3.63) is 28.9 Å². The van der Waals surface area contributed by atoms with Crippen molar-refractivity contribution in [2.45, 2.75) is 31.0 Å². The number of benzene rings is 1. The van der Waals surface area contributed by atoms with Gasteiger partial charge in [0.05, 0.1) is 17.6 Å². The van der Waals surface area contributed by atoms with Crippen LogP contribution < -0.4 is 5.32 Å². The summed E-state index contributed by atoms with van der Waals surface area (Å²) in [6.07, 6.45) is 2.66. The van der Waals surface area contributed by atoms with Gasteiger partial charge in [-0.2, -0.15) is 0 Å². The van der Waals surface area contributed by atoms with Crippen LogP contribution in [0.2, 0.25) is 5.02 Å². The summed E-state index contributed by atoms with van der Waals surface area (Å²) in [5.74, 6) is -0.753. The first kappa shape index (κ1) is 17.8. The SMILES string of the molecule is CCCC[C@H](Br)C(=O)Nc1c(C(=O)OC)[nH]c2ccc(Cl)cc12. The van der Waals surface area contributed by atoms with Crippen molar-refractivity contribution in [1.29, 1.82) is 0 Å². The van der Waals surface area contributed by atoms with Crippen molar-refractivity contribution in [1.82, 2.24) is 4.98 Å². The third-order valence-corrected chi connectivity index (χ3v) is 4.60. The number of aromatic nitrogens is 1. The van der Waals surface area contributed by atoms with Gasteiger partial charge in [0.1, 0.15) is 5.69 Å². The first-order valence-corrected chi connectivity index (χ1v) is 8.61. The van der Waals surface area contributed by atoms with E-state index >= 15 is 0 Å². The molecule has 0 spiro atoms. The number of alkyl halides is 1. The van der Waals surface area contributed by atoms with Crippen LogP contribution in [-0.4, -0.2) is 28.8 Å². The minimum Gasteiger partial charge on any atom is -0.464 e. The van der Waals surface area contributed by atoms with E-state index in [1.165, 1.54) is 7.11 Å². The maximum absolute atomic E-state index is 12.4. The van der Waals surface area contributed by atoms with Crippen LogP contribution in [0.3, 0.4) is 0 Å². The fourth-order valence-corrected chi connectivity index (χ4v) is 2.88. The molecule has 5 nitrogen and oxygen atoms in total. The molecule has 0 saturated carbocycles. The maximum Gasteiger partial charge on any atom is 0.356 e. The van der Waals surface area contributed by atoms with Crippen molar-refractivity contribution < 1.29 is 14.3 Å². The lowest BCUT2D eigenvalue weighted by atomic mass is 10.1. The number of carbonyl (C=O) groups excluding carboxylic acids is 2. The van der Waals surface area contributed by atoms with Crippen molar-refractivity contribution >= 4 is 56.0 Å². The second-order valence-corrected chi connectivity index (χ2v) is 6.70. The van der Waals surface area contributed by atoms with Crippen LogP contribution in [0.15, 0.2) is 18.2 Å². The van der Waals surface area contributed by atoms with Gasteiger partial charge in [0.15, 0.2) is 0 Å². The van der Waals surface area contributed by atoms with Crippen molar-refractivity contribution in [3.8, 4) is 0 Å². The molecular weight excluding hydrogens is 384 g/mol. The summed E-state index contributed by atoms with van der Waals surface area (Å²) in [6.45, 7) is 2.06. The molecule has 2 aromatic rings. The Morgan fingerprint density at radius 3 is 2.83 bits per heavy atom. The second-order valence-electron chi connectivity index (χ2n) is 5.16. The summed E-state index contributed by atoms with van der Waals surface area (Å²) in [5.41, 5.74) is 1.29. The number of carbonyl (C=O) groups is 2. The van der Waals surface area contributed by atoms with E-state index < -0.39 is 5.97 Å². The molecule has 124 valence electrons. The normalized spacial score (nSPS) is 12.2. The summed E-state index contributed by atoms with van der Waals surface area (Å²) in [7, 11) is 1.29. The number of hydrogen-bond acceptors (Lipinski definition) is 3. The van der Waals surface area contributed by atoms with Crippen molar-refractivity contribution in [3.63, 3.8) is 0 Å². The molecule has 7 heteroatoms. The van der Waals surface area contributed by atoms with E-state index in [9.17, 15) is 9.59 Å². The number of ether oxygens (including phenoxy) is 1. The molecule has 0 saturated heterocycles. The van der Waals surface area contributed by atoms with E-state index in [0.29, 0.717) is 21.6 Å². The van der Waals surface area contributed by atoms with Crippen LogP contribution in [0.25, 0.3) is 10.9 Å². The molecule has 0 unspecified atom stereocenters. The highest BCUT2D eigenvalue weighted by atomic mass is 79.9. The van der Waals surface area contributed by atoms with Gasteiger partial charge >= 0.3 is 5.97 Å². The molecule has 0 fully saturated rings. The number of nitrogens with one attached hydrogen (secondary N) is 2. The largest absolute Gasteiger partial charge is 0.464 e. The number of methoxy groups -OCH3 is 1. The van der Waals surface area contributed by atoms with Crippen LogP contribution in [0.4, 0.5) is 5.69 Å². The molecule has 2 N–H and O–H groups in total. The number of fused-ring (bicyclic) bond motifs is 1. The number of halogens is 2. The van der Waals surface area contributed by atoms with Crippen LogP contribution in [-0.2, 0) is 9.53 Å². The quantitative estimate of drug-likeness (QED) is 0.553. The van der Waals surface area contributed by atoms with E-state index in [1.807, 2.05) is 0 Å². The van der Waals surface area contributed by atoms with Gasteiger partial charge in [-0.05, 0) is 24.6 Å². The molecule has 0 aliphatic heterocycles. The van der Waals surface area contributed by atoms with Gasteiger partial charge in [0.25, 0.3) is 0 Å². The van der Waals surface area contributed by atoms with Crippen LogP contribution in [0, 0.1) is 0 Å². The fourth-order valence-electron chi connectivity index (χ4n) is 2.27. The summed E-state index contributed by atoms with van der Waals surface area (Å²) in [5, 5.41) is 3.99. The van der Waals surface area contributed by atoms with E-state index in [2.05, 4.69) is 33.2 Å². The maximum atomic E-state index is 12.4. The molecule has 1 amide bonds. The molecule has 1 atom stereocenters. The fraction of sp³-hybridized carbons (Fsp3) is 0.375. The summed E-state index contributed by atoms with van der Waals surface area (Å²) >= 11 is 9.41. The zero-order valence-corrected chi connectivity index (χ0v) is 15.3. The van der Waals surface area contributed by atoms with Gasteiger partial charge < -0.3 is 15.0 Å². The molecule has 1 aromatic carbocycles. The van der Waals surface area contributed by atoms with Gasteiger partial charge in [-0.25, -0.2) is 4.79 Å². The highest BCUT2D eigenvalue weighted by molar-refractivity contribution is 9.10. The number of rotatable bonds is 6. The molecule has 2 rings (SSSR count). The van der Waals surface area contributed by atoms with Gasteiger partial charge in [-0.15, -0.1) is 0 Å². The van der Waals surface area contributed by atoms with Crippen molar-refractivity contribution in [2.75, 3.05) is 12.4 Å². The molecule has 1 aromatic heterocycles. The molecule has 0 radical (unpaired) electrons. The van der Waals surface area contributed by atoms with E-state index in [0.717, 1.165) is 19.3 Å². The Labute approximate surface area is 147 Å². The Morgan fingerprint density at radius 2 is 2.17 bits per heavy atom. The number of amides is 1. The number of anilines is 1. The number of aromatic amines is 1. The second kappa shape index (κ2) is 7.84. The Kier molecular flexibility index (Phi) is 6.07. The van der Waals surface area contributed by atoms with E-state index in [4.69, 9.17) is 16.3 Å². The minimum atomic E-state index is -0.549. The Bertz CT molecular complexity index is 729. The lowest BCUT2D eigenvalue weighted by Crippen LogP contribution is -2.23. The lowest BCUT2D eigenvalue weighted by Gasteiger charge is -2.11. The Hall–Kier alpha value is -1.53. The zero-order valence-electron chi connectivity index (χ0n) is 12.9. The molecular formula is C16H18BrClN2O3. The van der Waals surface area contributed by atoms with E-state index in [-0.39, 0.29) is 16.4 Å².